The van der Waals surface area contributed by atoms with Gasteiger partial charge in [-0.1, -0.05) is 6.07 Å². The first-order valence-corrected chi connectivity index (χ1v) is 11.2. The third-order valence-electron chi connectivity index (χ3n) is 6.36. The van der Waals surface area contributed by atoms with Crippen LogP contribution >= 0.6 is 0 Å². The van der Waals surface area contributed by atoms with E-state index in [-0.39, 0.29) is 17.9 Å². The van der Waals surface area contributed by atoms with E-state index in [2.05, 4.69) is 26.6 Å². The molecule has 0 N–H and O–H groups in total. The lowest BCUT2D eigenvalue weighted by molar-refractivity contribution is -0.133. The van der Waals surface area contributed by atoms with E-state index < -0.39 is 0 Å². The molecule has 0 radical (unpaired) electrons. The lowest BCUT2D eigenvalue weighted by Crippen LogP contribution is -2.56. The number of aromatic nitrogens is 1. The summed E-state index contributed by atoms with van der Waals surface area (Å²) in [5.41, 5.74) is 1.64. The van der Waals surface area contributed by atoms with Gasteiger partial charge >= 0.3 is 5.97 Å². The van der Waals surface area contributed by atoms with Gasteiger partial charge in [-0.15, -0.1) is 0 Å². The topological polar surface area (TPSA) is 69.2 Å². The van der Waals surface area contributed by atoms with Crippen LogP contribution in [0.15, 0.2) is 48.7 Å². The number of carbonyl (C=O) groups excluding carboxylic acids is 2. The monoisotopic (exact) mass is 437 g/mol. The minimum Gasteiger partial charge on any atom is -0.465 e. The fourth-order valence-corrected chi connectivity index (χ4v) is 4.39. The zero-order chi connectivity index (χ0) is 22.5. The lowest BCUT2D eigenvalue weighted by atomic mass is 10.1. The molecule has 1 atom stereocenters. The van der Waals surface area contributed by atoms with Crippen molar-refractivity contribution in [3.8, 4) is 0 Å². The van der Waals surface area contributed by atoms with Crippen molar-refractivity contribution in [2.75, 3.05) is 69.3 Å². The number of methoxy groups -OCH3 is 1. The van der Waals surface area contributed by atoms with Gasteiger partial charge in [0, 0.05) is 63.7 Å². The number of ether oxygens (including phenoxy) is 1. The molecule has 1 amide bonds. The van der Waals surface area contributed by atoms with Crippen LogP contribution in [0.2, 0.25) is 0 Å². The normalized spacial score (nSPS) is 19.7. The van der Waals surface area contributed by atoms with Crippen molar-refractivity contribution in [2.24, 2.45) is 0 Å². The van der Waals surface area contributed by atoms with Gasteiger partial charge in [-0.05, 0) is 43.3 Å². The van der Waals surface area contributed by atoms with Gasteiger partial charge in [0.2, 0.25) is 5.91 Å². The molecule has 2 aliphatic heterocycles. The Labute approximate surface area is 189 Å². The number of amides is 1. The highest BCUT2D eigenvalue weighted by Crippen LogP contribution is 2.21. The van der Waals surface area contributed by atoms with Gasteiger partial charge in [-0.2, -0.15) is 0 Å². The second-order valence-corrected chi connectivity index (χ2v) is 8.36. The SMILES string of the molecule is COC(=O)c1ccc(N2CCN(CC(=O)N3CCN(c4ccccn4)CC3)C(C)C2)cc1. The Morgan fingerprint density at radius 3 is 2.31 bits per heavy atom. The molecular weight excluding hydrogens is 406 g/mol. The van der Waals surface area contributed by atoms with E-state index in [1.54, 1.807) is 18.3 Å². The number of hydrogen-bond acceptors (Lipinski definition) is 7. The molecule has 8 heteroatoms. The van der Waals surface area contributed by atoms with Crippen LogP contribution in [0, 0.1) is 0 Å². The van der Waals surface area contributed by atoms with Crippen LogP contribution < -0.4 is 9.80 Å². The van der Waals surface area contributed by atoms with Crippen molar-refractivity contribution in [3.63, 3.8) is 0 Å². The molecule has 0 aliphatic carbocycles. The van der Waals surface area contributed by atoms with Crippen LogP contribution in [0.3, 0.4) is 0 Å². The predicted octanol–water partition coefficient (Wildman–Crippen LogP) is 1.73. The Kier molecular flexibility index (Phi) is 6.90. The molecule has 2 fully saturated rings. The first kappa shape index (κ1) is 22.1. The van der Waals surface area contributed by atoms with Gasteiger partial charge < -0.3 is 19.4 Å². The molecule has 1 unspecified atom stereocenters. The summed E-state index contributed by atoms with van der Waals surface area (Å²) in [6, 6.07) is 13.7. The summed E-state index contributed by atoms with van der Waals surface area (Å²) in [6.07, 6.45) is 1.81. The Morgan fingerprint density at radius 1 is 0.969 bits per heavy atom. The first-order valence-electron chi connectivity index (χ1n) is 11.2. The van der Waals surface area contributed by atoms with E-state index in [1.807, 2.05) is 35.2 Å². The van der Waals surface area contributed by atoms with Crippen molar-refractivity contribution in [3.05, 3.63) is 54.2 Å². The van der Waals surface area contributed by atoms with E-state index >= 15 is 0 Å². The van der Waals surface area contributed by atoms with Crippen LogP contribution in [0.5, 0.6) is 0 Å². The zero-order valence-electron chi connectivity index (χ0n) is 18.8. The van der Waals surface area contributed by atoms with Crippen molar-refractivity contribution < 1.29 is 14.3 Å². The highest BCUT2D eigenvalue weighted by molar-refractivity contribution is 5.89. The summed E-state index contributed by atoms with van der Waals surface area (Å²) in [7, 11) is 1.39. The largest absolute Gasteiger partial charge is 0.465 e. The summed E-state index contributed by atoms with van der Waals surface area (Å²) in [5.74, 6) is 0.853. The maximum atomic E-state index is 12.9. The Hall–Kier alpha value is -3.13. The van der Waals surface area contributed by atoms with Crippen LogP contribution in [-0.2, 0) is 9.53 Å². The molecular formula is C24H31N5O3. The Balaban J connectivity index is 1.26. The molecule has 2 aromatic rings. The summed E-state index contributed by atoms with van der Waals surface area (Å²) in [6.45, 7) is 8.25. The minimum atomic E-state index is -0.325. The second kappa shape index (κ2) is 9.99. The second-order valence-electron chi connectivity index (χ2n) is 8.36. The van der Waals surface area contributed by atoms with Gasteiger partial charge in [0.15, 0.2) is 0 Å². The van der Waals surface area contributed by atoms with E-state index in [0.29, 0.717) is 12.1 Å². The maximum Gasteiger partial charge on any atom is 0.337 e. The Bertz CT molecular complexity index is 913. The third-order valence-corrected chi connectivity index (χ3v) is 6.36. The first-order chi connectivity index (χ1) is 15.5. The van der Waals surface area contributed by atoms with Gasteiger partial charge in [0.25, 0.3) is 0 Å². The lowest BCUT2D eigenvalue weighted by Gasteiger charge is -2.42. The van der Waals surface area contributed by atoms with Crippen molar-refractivity contribution >= 4 is 23.4 Å². The standard InChI is InChI=1S/C24H31N5O3/c1-19-17-29(21-8-6-20(7-9-21)24(31)32-2)16-15-28(19)18-23(30)27-13-11-26(12-14-27)22-5-3-4-10-25-22/h3-10,19H,11-18H2,1-2H3. The van der Waals surface area contributed by atoms with Crippen LogP contribution in [0.1, 0.15) is 17.3 Å². The molecule has 32 heavy (non-hydrogen) atoms. The number of anilines is 2. The zero-order valence-corrected chi connectivity index (χ0v) is 18.8. The number of rotatable bonds is 5. The average Bonchev–Trinajstić information content (AvgIpc) is 2.85. The number of esters is 1. The Morgan fingerprint density at radius 2 is 1.69 bits per heavy atom. The highest BCUT2D eigenvalue weighted by Gasteiger charge is 2.28. The van der Waals surface area contributed by atoms with E-state index in [9.17, 15) is 9.59 Å². The molecule has 1 aromatic carbocycles. The fourth-order valence-electron chi connectivity index (χ4n) is 4.39. The number of benzene rings is 1. The number of hydrogen-bond donors (Lipinski definition) is 0. The predicted molar refractivity (Wildman–Crippen MR) is 124 cm³/mol. The van der Waals surface area contributed by atoms with Gasteiger partial charge in [-0.25, -0.2) is 9.78 Å². The maximum absolute atomic E-state index is 12.9. The average molecular weight is 438 g/mol. The summed E-state index contributed by atoms with van der Waals surface area (Å²) < 4.78 is 4.77. The molecule has 2 saturated heterocycles. The smallest absolute Gasteiger partial charge is 0.337 e. The van der Waals surface area contributed by atoms with Crippen LogP contribution in [0.25, 0.3) is 0 Å². The summed E-state index contributed by atoms with van der Waals surface area (Å²) in [5, 5.41) is 0. The molecule has 0 saturated carbocycles. The quantitative estimate of drug-likeness (QED) is 0.660. The molecule has 0 spiro atoms. The van der Waals surface area contributed by atoms with Gasteiger partial charge in [0.1, 0.15) is 5.82 Å². The van der Waals surface area contributed by atoms with Crippen molar-refractivity contribution in [1.82, 2.24) is 14.8 Å². The van der Waals surface area contributed by atoms with Crippen LogP contribution in [0.4, 0.5) is 11.5 Å². The molecule has 8 nitrogen and oxygen atoms in total. The fraction of sp³-hybridized carbons (Fsp3) is 0.458. The molecule has 3 heterocycles. The van der Waals surface area contributed by atoms with E-state index in [1.165, 1.54) is 7.11 Å². The van der Waals surface area contributed by atoms with Crippen LogP contribution in [-0.4, -0.2) is 92.2 Å². The molecule has 1 aromatic heterocycles. The van der Waals surface area contributed by atoms with E-state index in [4.69, 9.17) is 4.74 Å². The number of pyridine rings is 1. The highest BCUT2D eigenvalue weighted by atomic mass is 16.5. The van der Waals surface area contributed by atoms with E-state index in [0.717, 1.165) is 57.3 Å². The summed E-state index contributed by atoms with van der Waals surface area (Å²) in [4.78, 5) is 37.8. The van der Waals surface area contributed by atoms with Crippen molar-refractivity contribution in [1.29, 1.82) is 0 Å². The molecule has 170 valence electrons. The third kappa shape index (κ3) is 5.02. The number of piperazine rings is 2. The minimum absolute atomic E-state index is 0.202. The van der Waals surface area contributed by atoms with Crippen molar-refractivity contribution in [2.45, 2.75) is 13.0 Å². The summed E-state index contributed by atoms with van der Waals surface area (Å²) >= 11 is 0. The molecule has 2 aliphatic rings. The molecule has 4 rings (SSSR count). The number of carbonyl (C=O) groups is 2. The molecule has 0 bridgehead atoms. The van der Waals surface area contributed by atoms with Gasteiger partial charge in [0.05, 0.1) is 19.2 Å². The number of nitrogens with zero attached hydrogens (tertiary/aromatic N) is 5. The van der Waals surface area contributed by atoms with Gasteiger partial charge in [-0.3, -0.25) is 9.69 Å².